The van der Waals surface area contributed by atoms with Gasteiger partial charge in [-0.05, 0) is 36.4 Å². The number of fused-ring (bicyclic) bond motifs is 1. The summed E-state index contributed by atoms with van der Waals surface area (Å²) < 4.78 is 10.6. The maximum atomic E-state index is 12.7. The molecule has 2 aromatic rings. The largest absolute Gasteiger partial charge is 0.489 e. The van der Waals surface area contributed by atoms with Crippen molar-refractivity contribution >= 4 is 59.3 Å². The van der Waals surface area contributed by atoms with Crippen LogP contribution in [0.25, 0.3) is 6.08 Å². The first-order valence-corrected chi connectivity index (χ1v) is 11.8. The predicted molar refractivity (Wildman–Crippen MR) is 141 cm³/mol. The van der Waals surface area contributed by atoms with Crippen LogP contribution in [0.1, 0.15) is 5.76 Å². The highest BCUT2D eigenvalue weighted by Gasteiger charge is 2.49. The van der Waals surface area contributed by atoms with Gasteiger partial charge in [-0.3, -0.25) is 20.2 Å². The maximum Gasteiger partial charge on any atom is 0.433 e. The molecule has 15 nitrogen and oxygen atoms in total. The molecule has 3 atom stereocenters. The number of amides is 3. The van der Waals surface area contributed by atoms with Crippen molar-refractivity contribution in [3.05, 3.63) is 62.3 Å². The van der Waals surface area contributed by atoms with Crippen LogP contribution in [0.4, 0.5) is 10.7 Å². The summed E-state index contributed by atoms with van der Waals surface area (Å²) in [5.74, 6) is -0.291. The lowest BCUT2D eigenvalue weighted by Crippen LogP contribution is -2.64. The molecular weight excluding hydrogens is 561 g/mol. The maximum absolute atomic E-state index is 12.7. The molecule has 1 aromatic carbocycles. The smallest absolute Gasteiger partial charge is 0.433 e. The third-order valence-electron chi connectivity index (χ3n) is 5.47. The molecule has 17 heteroatoms. The second kappa shape index (κ2) is 12.6. The van der Waals surface area contributed by atoms with Crippen LogP contribution < -0.4 is 15.5 Å². The number of carbonyl (C=O) groups excluding carboxylic acids is 2. The molecule has 39 heavy (non-hydrogen) atoms. The first kappa shape index (κ1) is 29.4. The van der Waals surface area contributed by atoms with Crippen molar-refractivity contribution in [3.8, 4) is 5.75 Å². The molecule has 2 aliphatic rings. The molecule has 0 radical (unpaired) electrons. The number of hydrogen-bond acceptors (Lipinski definition) is 11. The number of guanidine groups is 1. The molecule has 3 heterocycles. The summed E-state index contributed by atoms with van der Waals surface area (Å²) in [5.41, 5.74) is 2.70. The number of ether oxygens (including phenoxy) is 1. The van der Waals surface area contributed by atoms with Gasteiger partial charge in [0.05, 0.1) is 17.6 Å². The second-order valence-corrected chi connectivity index (χ2v) is 8.93. The number of β-amino-alcohol motifs (C(OH)–C–C–N with tert-alkyl or cyclic N) is 1. The Morgan fingerprint density at radius 3 is 2.82 bits per heavy atom. The van der Waals surface area contributed by atoms with Gasteiger partial charge in [-0.1, -0.05) is 23.2 Å². The van der Waals surface area contributed by atoms with Crippen molar-refractivity contribution in [3.63, 3.8) is 0 Å². The van der Waals surface area contributed by atoms with E-state index in [1.54, 1.807) is 12.1 Å². The molecule has 3 unspecified atom stereocenters. The number of nitrogens with one attached hydrogen (secondary N) is 2. The number of rotatable bonds is 9. The topological polar surface area (TPSA) is 207 Å². The lowest BCUT2D eigenvalue weighted by atomic mass is 10.1. The minimum Gasteiger partial charge on any atom is -0.489 e. The van der Waals surface area contributed by atoms with E-state index in [-0.39, 0.29) is 35.4 Å². The highest BCUT2D eigenvalue weighted by atomic mass is 35.5. The summed E-state index contributed by atoms with van der Waals surface area (Å²) in [4.78, 5) is 41.9. The molecule has 0 bridgehead atoms. The first-order valence-electron chi connectivity index (χ1n) is 11.0. The number of likely N-dealkylation sites (N-methyl/N-ethyl adjacent to an activating group) is 1. The van der Waals surface area contributed by atoms with Crippen LogP contribution in [0.2, 0.25) is 10.0 Å². The van der Waals surface area contributed by atoms with Gasteiger partial charge in [0, 0.05) is 18.3 Å². The Labute approximate surface area is 230 Å². The van der Waals surface area contributed by atoms with Gasteiger partial charge < -0.3 is 29.5 Å². The fourth-order valence-corrected chi connectivity index (χ4v) is 4.15. The SMILES string of the molecule is CN1C(=O)NC(=O)C2C1N=C(N/N=C\C=C\c1ccc([N+](=O)[O-])o1)N2CC(O)COc1ccc(Cl)cc1Cl.O. The van der Waals surface area contributed by atoms with E-state index in [9.17, 15) is 24.8 Å². The van der Waals surface area contributed by atoms with E-state index in [0.717, 1.165) is 0 Å². The molecule has 208 valence electrons. The summed E-state index contributed by atoms with van der Waals surface area (Å²) in [6.07, 6.45) is 2.29. The normalized spacial score (nSPS) is 19.5. The average molecular weight is 584 g/mol. The van der Waals surface area contributed by atoms with E-state index in [0.29, 0.717) is 10.8 Å². The summed E-state index contributed by atoms with van der Waals surface area (Å²) in [6, 6.07) is 5.77. The van der Waals surface area contributed by atoms with Gasteiger partial charge in [-0.2, -0.15) is 5.10 Å². The van der Waals surface area contributed by atoms with Gasteiger partial charge in [-0.15, -0.1) is 0 Å². The number of nitro groups is 1. The van der Waals surface area contributed by atoms with Gasteiger partial charge in [0.15, 0.2) is 12.2 Å². The molecule has 1 fully saturated rings. The number of nitrogens with zero attached hydrogens (tertiary/aromatic N) is 5. The van der Waals surface area contributed by atoms with E-state index in [2.05, 4.69) is 20.8 Å². The molecule has 1 saturated heterocycles. The zero-order valence-electron chi connectivity index (χ0n) is 20.2. The van der Waals surface area contributed by atoms with Crippen LogP contribution >= 0.6 is 23.2 Å². The van der Waals surface area contributed by atoms with Crippen molar-refractivity contribution in [2.75, 3.05) is 20.2 Å². The van der Waals surface area contributed by atoms with Gasteiger partial charge in [0.2, 0.25) is 5.96 Å². The van der Waals surface area contributed by atoms with Crippen molar-refractivity contribution < 1.29 is 34.2 Å². The van der Waals surface area contributed by atoms with Crippen LogP contribution in [0.15, 0.2) is 50.9 Å². The van der Waals surface area contributed by atoms with Gasteiger partial charge in [0.1, 0.15) is 29.1 Å². The summed E-state index contributed by atoms with van der Waals surface area (Å²) >= 11 is 12.0. The Balaban J connectivity index is 0.00000420. The molecule has 0 spiro atoms. The molecule has 2 aliphatic heterocycles. The fraction of sp³-hybridized carbons (Fsp3) is 0.273. The molecule has 1 aromatic heterocycles. The van der Waals surface area contributed by atoms with Crippen LogP contribution in [-0.2, 0) is 4.79 Å². The molecule has 0 aliphatic carbocycles. The number of allylic oxidation sites excluding steroid dienone is 1. The number of benzene rings is 1. The Morgan fingerprint density at radius 1 is 1.36 bits per heavy atom. The number of halogens is 2. The monoisotopic (exact) mass is 583 g/mol. The second-order valence-electron chi connectivity index (χ2n) is 8.09. The van der Waals surface area contributed by atoms with E-state index < -0.39 is 41.1 Å². The number of hydrazone groups is 1. The Hall–Kier alpha value is -4.18. The zero-order valence-corrected chi connectivity index (χ0v) is 21.7. The predicted octanol–water partition coefficient (Wildman–Crippen LogP) is 1.25. The fourth-order valence-electron chi connectivity index (χ4n) is 3.68. The van der Waals surface area contributed by atoms with Crippen LogP contribution in [0.3, 0.4) is 0 Å². The standard InChI is InChI=1S/C22H21Cl2N7O7.H2O/c1-29-19-18(20(33)27-22(29)34)30(10-13(32)11-37-16-6-4-12(23)9-15(16)24)21(26-19)28-25-8-2-3-14-5-7-17(38-14)31(35)36;/h2-9,13,18-19,32H,10-11H2,1H3,(H,26,28)(H,27,33,34);1H2/b3-2+,25-8-;. The lowest BCUT2D eigenvalue weighted by molar-refractivity contribution is -0.402. The number of furan rings is 1. The average Bonchev–Trinajstić information content (AvgIpc) is 3.48. The minimum absolute atomic E-state index is 0. The number of aliphatic imine (C=N–C) groups is 1. The molecule has 5 N–H and O–H groups in total. The quantitative estimate of drug-likeness (QED) is 0.220. The van der Waals surface area contributed by atoms with Crippen molar-refractivity contribution in [2.45, 2.75) is 18.3 Å². The van der Waals surface area contributed by atoms with E-state index in [1.165, 1.54) is 53.4 Å². The van der Waals surface area contributed by atoms with Crippen LogP contribution in [-0.4, -0.2) is 87.9 Å². The van der Waals surface area contributed by atoms with Crippen LogP contribution in [0.5, 0.6) is 5.75 Å². The minimum atomic E-state index is -1.10. The van der Waals surface area contributed by atoms with Crippen molar-refractivity contribution in [1.82, 2.24) is 20.5 Å². The highest BCUT2D eigenvalue weighted by molar-refractivity contribution is 6.35. The van der Waals surface area contributed by atoms with E-state index in [1.807, 2.05) is 0 Å². The number of urea groups is 1. The van der Waals surface area contributed by atoms with Gasteiger partial charge >= 0.3 is 11.9 Å². The van der Waals surface area contributed by atoms with Gasteiger partial charge in [0.25, 0.3) is 5.91 Å². The van der Waals surface area contributed by atoms with Gasteiger partial charge in [-0.25, -0.2) is 15.2 Å². The molecule has 4 rings (SSSR count). The Kier molecular flexibility index (Phi) is 9.47. The third-order valence-corrected chi connectivity index (χ3v) is 6.00. The lowest BCUT2D eigenvalue weighted by Gasteiger charge is -2.36. The Bertz CT molecular complexity index is 1330. The molecule has 3 amide bonds. The zero-order chi connectivity index (χ0) is 27.4. The van der Waals surface area contributed by atoms with E-state index in [4.69, 9.17) is 32.4 Å². The number of hydrogen-bond donors (Lipinski definition) is 3. The number of carbonyl (C=O) groups is 2. The van der Waals surface area contributed by atoms with Crippen molar-refractivity contribution in [2.24, 2.45) is 10.1 Å². The number of aliphatic hydroxyl groups excluding tert-OH is 1. The summed E-state index contributed by atoms with van der Waals surface area (Å²) in [7, 11) is 1.49. The number of aliphatic hydroxyl groups is 1. The summed E-state index contributed by atoms with van der Waals surface area (Å²) in [6.45, 7) is -0.269. The Morgan fingerprint density at radius 2 is 2.13 bits per heavy atom. The third kappa shape index (κ3) is 6.83. The van der Waals surface area contributed by atoms with Crippen molar-refractivity contribution in [1.29, 1.82) is 0 Å². The summed E-state index contributed by atoms with van der Waals surface area (Å²) in [5, 5.41) is 28.3. The highest BCUT2D eigenvalue weighted by Crippen LogP contribution is 2.28. The van der Waals surface area contributed by atoms with Crippen LogP contribution in [0, 0.1) is 10.1 Å². The first-order chi connectivity index (χ1) is 18.1. The number of imide groups is 1. The molecule has 0 saturated carbocycles. The van der Waals surface area contributed by atoms with E-state index >= 15 is 0 Å². The molecular formula is C22H23Cl2N7O8.